The fourth-order valence-corrected chi connectivity index (χ4v) is 8.05. The van der Waals surface area contributed by atoms with Gasteiger partial charge in [-0.1, -0.05) is 34.1 Å². The van der Waals surface area contributed by atoms with Crippen LogP contribution in [0.15, 0.2) is 0 Å². The van der Waals surface area contributed by atoms with Gasteiger partial charge in [0.15, 0.2) is 8.32 Å². The maximum atomic E-state index is 12.0. The molecule has 0 aromatic carbocycles. The van der Waals surface area contributed by atoms with Crippen molar-refractivity contribution in [3.8, 4) is 0 Å². The lowest BCUT2D eigenvalue weighted by Crippen LogP contribution is -2.50. The van der Waals surface area contributed by atoms with Gasteiger partial charge in [0.1, 0.15) is 0 Å². The van der Waals surface area contributed by atoms with Crippen molar-refractivity contribution in [1.82, 2.24) is 0 Å². The molecule has 0 spiro atoms. The number of carbonyl (C=O) groups is 2. The molecule has 0 bridgehead atoms. The minimum absolute atomic E-state index is 0.0891. The molecule has 1 unspecified atom stereocenters. The zero-order valence-electron chi connectivity index (χ0n) is 24.0. The number of carbonyl (C=O) groups excluding carboxylic acids is 2. The Morgan fingerprint density at radius 1 is 0.943 bits per heavy atom. The van der Waals surface area contributed by atoms with Crippen molar-refractivity contribution < 1.29 is 23.5 Å². The Morgan fingerprint density at radius 2 is 1.49 bits per heavy atom. The van der Waals surface area contributed by atoms with Gasteiger partial charge in [-0.25, -0.2) is 0 Å². The SMILES string of the molecule is CCOC(=O)CCCC(CCCC(=O)OCC)[C@H]1CCC2[C@@H](O[Si](C)(C)C(C)(C)C)CCC[C@@]21C. The maximum absolute atomic E-state index is 12.0. The van der Waals surface area contributed by atoms with Crippen LogP contribution in [0.25, 0.3) is 0 Å². The van der Waals surface area contributed by atoms with Crippen LogP contribution in [-0.4, -0.2) is 39.6 Å². The van der Waals surface area contributed by atoms with Gasteiger partial charge in [-0.2, -0.15) is 0 Å². The molecule has 0 N–H and O–H groups in total. The second-order valence-corrected chi connectivity index (χ2v) is 17.5. The molecule has 0 aromatic heterocycles. The van der Waals surface area contributed by atoms with Crippen molar-refractivity contribution in [3.63, 3.8) is 0 Å². The van der Waals surface area contributed by atoms with Crippen LogP contribution >= 0.6 is 0 Å². The Hall–Kier alpha value is -0.883. The van der Waals surface area contributed by atoms with Crippen LogP contribution in [0.4, 0.5) is 0 Å². The van der Waals surface area contributed by atoms with Crippen LogP contribution < -0.4 is 0 Å². The van der Waals surface area contributed by atoms with Gasteiger partial charge < -0.3 is 13.9 Å². The van der Waals surface area contributed by atoms with Crippen molar-refractivity contribution in [1.29, 1.82) is 0 Å². The van der Waals surface area contributed by atoms with E-state index in [2.05, 4.69) is 40.8 Å². The first-order valence-electron chi connectivity index (χ1n) is 14.3. The normalized spacial score (nSPS) is 27.1. The van der Waals surface area contributed by atoms with E-state index in [9.17, 15) is 9.59 Å². The molecule has 2 aliphatic rings. The quantitative estimate of drug-likeness (QED) is 0.188. The minimum Gasteiger partial charge on any atom is -0.466 e. The minimum atomic E-state index is -1.82. The van der Waals surface area contributed by atoms with Crippen molar-refractivity contribution >= 4 is 20.3 Å². The highest BCUT2D eigenvalue weighted by atomic mass is 28.4. The molecule has 0 saturated heterocycles. The molecule has 2 rings (SSSR count). The molecule has 0 aliphatic heterocycles. The van der Waals surface area contributed by atoms with E-state index in [1.165, 1.54) is 32.1 Å². The van der Waals surface area contributed by atoms with Crippen molar-refractivity contribution in [2.24, 2.45) is 23.2 Å². The zero-order valence-corrected chi connectivity index (χ0v) is 25.0. The second kappa shape index (κ2) is 13.1. The number of esters is 2. The van der Waals surface area contributed by atoms with E-state index in [-0.39, 0.29) is 22.4 Å². The zero-order chi connectivity index (χ0) is 26.3. The molecule has 0 aromatic rings. The molecule has 204 valence electrons. The Balaban J connectivity index is 2.12. The average Bonchev–Trinajstić information content (AvgIpc) is 3.10. The van der Waals surface area contributed by atoms with Gasteiger partial charge in [0.2, 0.25) is 0 Å². The molecule has 2 saturated carbocycles. The standard InChI is InChI=1S/C29H54O5Si/c1-9-32-26(30)17-11-14-22(15-12-18-27(31)33-10-2)23-19-20-24-25(16-13-21-29(23,24)6)34-35(7,8)28(3,4)5/h22-25H,9-21H2,1-8H3/t23-,24?,25+,29-/m1/s1. The Morgan fingerprint density at radius 3 is 1.97 bits per heavy atom. The molecule has 0 heterocycles. The first-order valence-corrected chi connectivity index (χ1v) is 17.3. The molecule has 0 radical (unpaired) electrons. The van der Waals surface area contributed by atoms with E-state index >= 15 is 0 Å². The van der Waals surface area contributed by atoms with Gasteiger partial charge in [0.05, 0.1) is 13.2 Å². The highest BCUT2D eigenvalue weighted by Crippen LogP contribution is 2.60. The topological polar surface area (TPSA) is 61.8 Å². The summed E-state index contributed by atoms with van der Waals surface area (Å²) in [6.07, 6.45) is 11.3. The van der Waals surface area contributed by atoms with Crippen LogP contribution in [0.2, 0.25) is 18.1 Å². The first kappa shape index (κ1) is 30.3. The number of hydrogen-bond acceptors (Lipinski definition) is 5. The third-order valence-corrected chi connectivity index (χ3v) is 14.0. The fourth-order valence-electron chi connectivity index (χ4n) is 6.66. The van der Waals surface area contributed by atoms with Crippen molar-refractivity contribution in [2.45, 2.75) is 136 Å². The Bertz CT molecular complexity index is 661. The summed E-state index contributed by atoms with van der Waals surface area (Å²) in [7, 11) is -1.82. The van der Waals surface area contributed by atoms with E-state index in [0.29, 0.717) is 49.9 Å². The highest BCUT2D eigenvalue weighted by molar-refractivity contribution is 6.74. The molecule has 2 aliphatic carbocycles. The van der Waals surface area contributed by atoms with Crippen molar-refractivity contribution in [2.75, 3.05) is 13.2 Å². The second-order valence-electron chi connectivity index (χ2n) is 12.8. The summed E-state index contributed by atoms with van der Waals surface area (Å²) in [5, 5.41) is 0.224. The third kappa shape index (κ3) is 8.05. The number of ether oxygens (including phenoxy) is 2. The highest BCUT2D eigenvalue weighted by Gasteiger charge is 2.54. The lowest BCUT2D eigenvalue weighted by Gasteiger charge is -2.50. The third-order valence-electron chi connectivity index (χ3n) is 9.48. The summed E-state index contributed by atoms with van der Waals surface area (Å²) in [5.74, 6) is 1.60. The van der Waals surface area contributed by atoms with E-state index in [4.69, 9.17) is 13.9 Å². The fraction of sp³-hybridized carbons (Fsp3) is 0.931. The number of rotatable bonds is 13. The van der Waals surface area contributed by atoms with Crippen molar-refractivity contribution in [3.05, 3.63) is 0 Å². The molecule has 5 nitrogen and oxygen atoms in total. The van der Waals surface area contributed by atoms with Gasteiger partial charge in [-0.3, -0.25) is 9.59 Å². The Kier molecular flexibility index (Phi) is 11.3. The van der Waals surface area contributed by atoms with Crippen LogP contribution in [0, 0.1) is 23.2 Å². The van der Waals surface area contributed by atoms with E-state index in [1.54, 1.807) is 0 Å². The van der Waals surface area contributed by atoms with Gasteiger partial charge in [0, 0.05) is 18.9 Å². The van der Waals surface area contributed by atoms with Gasteiger partial charge in [0.25, 0.3) is 0 Å². The monoisotopic (exact) mass is 510 g/mol. The summed E-state index contributed by atoms with van der Waals surface area (Å²) in [5.41, 5.74) is 0.282. The summed E-state index contributed by atoms with van der Waals surface area (Å²) in [6.45, 7) is 18.9. The van der Waals surface area contributed by atoms with Gasteiger partial charge >= 0.3 is 11.9 Å². The largest absolute Gasteiger partial charge is 0.466 e. The van der Waals surface area contributed by atoms with Crippen LogP contribution in [-0.2, 0) is 23.5 Å². The lowest BCUT2D eigenvalue weighted by molar-refractivity contribution is -0.144. The molecule has 6 heteroatoms. The van der Waals surface area contributed by atoms with E-state index in [0.717, 1.165) is 25.7 Å². The lowest BCUT2D eigenvalue weighted by atomic mass is 9.60. The molecule has 4 atom stereocenters. The van der Waals surface area contributed by atoms with E-state index < -0.39 is 8.32 Å². The predicted molar refractivity (Wildman–Crippen MR) is 145 cm³/mol. The number of hydrogen-bond donors (Lipinski definition) is 0. The summed E-state index contributed by atoms with van der Waals surface area (Å²) >= 11 is 0. The number of fused-ring (bicyclic) bond motifs is 1. The van der Waals surface area contributed by atoms with Crippen LogP contribution in [0.5, 0.6) is 0 Å². The average molecular weight is 511 g/mol. The van der Waals surface area contributed by atoms with E-state index in [1.807, 2.05) is 13.8 Å². The molecule has 0 amide bonds. The van der Waals surface area contributed by atoms with Crippen LogP contribution in [0.1, 0.15) is 112 Å². The molecule has 2 fully saturated rings. The molecular weight excluding hydrogens is 456 g/mol. The summed E-state index contributed by atoms with van der Waals surface area (Å²) in [6, 6.07) is 0. The maximum Gasteiger partial charge on any atom is 0.305 e. The Labute approximate surface area is 216 Å². The summed E-state index contributed by atoms with van der Waals surface area (Å²) in [4.78, 5) is 23.9. The van der Waals surface area contributed by atoms with Crippen LogP contribution in [0.3, 0.4) is 0 Å². The molecule has 35 heavy (non-hydrogen) atoms. The summed E-state index contributed by atoms with van der Waals surface area (Å²) < 4.78 is 17.4. The van der Waals surface area contributed by atoms with Gasteiger partial charge in [-0.05, 0) is 107 Å². The smallest absolute Gasteiger partial charge is 0.305 e. The van der Waals surface area contributed by atoms with Gasteiger partial charge in [-0.15, -0.1) is 0 Å². The first-order chi connectivity index (χ1) is 16.4. The molecular formula is C29H54O5Si. The predicted octanol–water partition coefficient (Wildman–Crippen LogP) is 7.68.